The van der Waals surface area contributed by atoms with Gasteiger partial charge >= 0.3 is 0 Å². The molecule has 0 bridgehead atoms. The van der Waals surface area contributed by atoms with Gasteiger partial charge in [0.2, 0.25) is 4.77 Å². The van der Waals surface area contributed by atoms with Crippen molar-refractivity contribution in [3.8, 4) is 5.75 Å². The molecule has 1 aromatic carbocycles. The zero-order chi connectivity index (χ0) is 13.5. The second-order valence-corrected chi connectivity index (χ2v) is 5.69. The Labute approximate surface area is 122 Å². The highest BCUT2D eigenvalue weighted by molar-refractivity contribution is 7.98. The van der Waals surface area contributed by atoms with Gasteiger partial charge in [0.25, 0.3) is 0 Å². The van der Waals surface area contributed by atoms with Gasteiger partial charge in [-0.05, 0) is 43.4 Å². The zero-order valence-electron chi connectivity index (χ0n) is 10.8. The first-order chi connectivity index (χ1) is 9.24. The molecule has 1 unspecified atom stereocenters. The number of hydrogen-bond acceptors (Lipinski definition) is 4. The molecule has 1 atom stereocenters. The number of aromatic nitrogens is 3. The van der Waals surface area contributed by atoms with Crippen molar-refractivity contribution in [3.05, 3.63) is 40.9 Å². The molecule has 0 aliphatic carbocycles. The molecule has 0 saturated heterocycles. The van der Waals surface area contributed by atoms with Crippen LogP contribution in [0.1, 0.15) is 19.2 Å². The molecule has 19 heavy (non-hydrogen) atoms. The molecule has 0 aliphatic rings. The van der Waals surface area contributed by atoms with Crippen LogP contribution in [0.4, 0.5) is 0 Å². The molecule has 0 saturated carbocycles. The van der Waals surface area contributed by atoms with E-state index in [2.05, 4.69) is 22.1 Å². The summed E-state index contributed by atoms with van der Waals surface area (Å²) >= 11 is 6.72. The summed E-state index contributed by atoms with van der Waals surface area (Å²) in [6, 6.07) is 9.91. The number of nitrogens with one attached hydrogen (secondary N) is 2. The summed E-state index contributed by atoms with van der Waals surface area (Å²) in [5.41, 5.74) is 0. The Kier molecular flexibility index (Phi) is 5.47. The lowest BCUT2D eigenvalue weighted by atomic mass is 10.3. The summed E-state index contributed by atoms with van der Waals surface area (Å²) in [4.78, 5) is 4.15. The summed E-state index contributed by atoms with van der Waals surface area (Å²) in [7, 11) is 0. The van der Waals surface area contributed by atoms with Crippen LogP contribution < -0.4 is 4.74 Å². The number of benzene rings is 1. The summed E-state index contributed by atoms with van der Waals surface area (Å²) in [5, 5.41) is 5.73. The van der Waals surface area contributed by atoms with Crippen LogP contribution in [0.25, 0.3) is 0 Å². The van der Waals surface area contributed by atoms with Gasteiger partial charge in [-0.3, -0.25) is 10.2 Å². The van der Waals surface area contributed by atoms with Gasteiger partial charge in [0, 0.05) is 0 Å². The van der Waals surface area contributed by atoms with Gasteiger partial charge in [-0.25, -0.2) is 4.98 Å². The molecule has 0 spiro atoms. The molecule has 2 rings (SSSR count). The highest BCUT2D eigenvalue weighted by atomic mass is 32.2. The van der Waals surface area contributed by atoms with Crippen molar-refractivity contribution in [3.63, 3.8) is 0 Å². The molecule has 4 nitrogen and oxygen atoms in total. The van der Waals surface area contributed by atoms with Crippen LogP contribution >= 0.6 is 24.0 Å². The molecule has 6 heteroatoms. The molecular weight excluding hydrogens is 278 g/mol. The number of para-hydroxylation sites is 1. The normalized spacial score (nSPS) is 12.3. The average Bonchev–Trinajstić information content (AvgIpc) is 2.82. The van der Waals surface area contributed by atoms with E-state index in [4.69, 9.17) is 17.0 Å². The van der Waals surface area contributed by atoms with Gasteiger partial charge in [-0.2, -0.15) is 11.8 Å². The minimum atomic E-state index is 0.215. The average molecular weight is 295 g/mol. The highest BCUT2D eigenvalue weighted by Gasteiger charge is 2.04. The topological polar surface area (TPSA) is 53.7 Å². The van der Waals surface area contributed by atoms with E-state index < -0.39 is 0 Å². The Morgan fingerprint density at radius 2 is 2.11 bits per heavy atom. The van der Waals surface area contributed by atoms with Crippen molar-refractivity contribution < 1.29 is 4.74 Å². The van der Waals surface area contributed by atoms with Crippen LogP contribution in [-0.2, 0) is 5.75 Å². The van der Waals surface area contributed by atoms with Crippen LogP contribution in [0.5, 0.6) is 5.75 Å². The van der Waals surface area contributed by atoms with E-state index in [1.807, 2.05) is 42.1 Å². The third-order valence-corrected chi connectivity index (χ3v) is 3.73. The molecule has 102 valence electrons. The molecular formula is C13H17N3OS2. The molecule has 2 aromatic rings. The van der Waals surface area contributed by atoms with Gasteiger partial charge in [-0.15, -0.1) is 0 Å². The molecule has 1 aromatic heterocycles. The van der Waals surface area contributed by atoms with Crippen LogP contribution in [0.3, 0.4) is 0 Å². The maximum absolute atomic E-state index is 5.81. The summed E-state index contributed by atoms with van der Waals surface area (Å²) in [5.74, 6) is 3.69. The molecule has 0 fully saturated rings. The maximum Gasteiger partial charge on any atom is 0.213 e. The third-order valence-electron chi connectivity index (χ3n) is 2.54. The second kappa shape index (κ2) is 7.35. The largest absolute Gasteiger partial charge is 0.491 e. The van der Waals surface area contributed by atoms with E-state index in [0.29, 0.717) is 4.77 Å². The van der Waals surface area contributed by atoms with E-state index in [0.717, 1.165) is 29.5 Å². The van der Waals surface area contributed by atoms with Crippen LogP contribution in [0, 0.1) is 4.77 Å². The summed E-state index contributed by atoms with van der Waals surface area (Å²) < 4.78 is 6.32. The molecule has 0 amide bonds. The SMILES string of the molecule is CC(CCSCc1nc(=S)[nH][nH]1)Oc1ccccc1. The van der Waals surface area contributed by atoms with E-state index >= 15 is 0 Å². The lowest BCUT2D eigenvalue weighted by Gasteiger charge is -2.14. The van der Waals surface area contributed by atoms with Gasteiger partial charge in [0.1, 0.15) is 11.6 Å². The Morgan fingerprint density at radius 1 is 1.32 bits per heavy atom. The zero-order valence-corrected chi connectivity index (χ0v) is 12.4. The predicted molar refractivity (Wildman–Crippen MR) is 81.1 cm³/mol. The third kappa shape index (κ3) is 5.08. The number of thioether (sulfide) groups is 1. The predicted octanol–water partition coefficient (Wildman–Crippen LogP) is 3.56. The first-order valence-electron chi connectivity index (χ1n) is 6.17. The summed E-state index contributed by atoms with van der Waals surface area (Å²) in [6.45, 7) is 2.09. The van der Waals surface area contributed by atoms with Crippen LogP contribution in [-0.4, -0.2) is 27.0 Å². The van der Waals surface area contributed by atoms with E-state index in [-0.39, 0.29) is 6.10 Å². The number of ether oxygens (including phenoxy) is 1. The Bertz CT molecular complexity index is 538. The molecule has 0 aliphatic heterocycles. The van der Waals surface area contributed by atoms with Crippen molar-refractivity contribution in [1.82, 2.24) is 15.2 Å². The Balaban J connectivity index is 1.64. The standard InChI is InChI=1S/C13H17N3OS2/c1-10(17-11-5-3-2-4-6-11)7-8-19-9-12-14-13(18)16-15-12/h2-6,10H,7-9H2,1H3,(H2,14,15,16,18). The summed E-state index contributed by atoms with van der Waals surface area (Å²) in [6.07, 6.45) is 1.22. The van der Waals surface area contributed by atoms with Crippen LogP contribution in [0.2, 0.25) is 0 Å². The number of rotatable bonds is 7. The molecule has 2 N–H and O–H groups in total. The number of aromatic amines is 2. The first-order valence-corrected chi connectivity index (χ1v) is 7.73. The minimum absolute atomic E-state index is 0.215. The Morgan fingerprint density at radius 3 is 2.79 bits per heavy atom. The fourth-order valence-corrected chi connectivity index (χ4v) is 2.72. The van der Waals surface area contributed by atoms with Crippen molar-refractivity contribution >= 4 is 24.0 Å². The fourth-order valence-electron chi connectivity index (χ4n) is 1.58. The lowest BCUT2D eigenvalue weighted by molar-refractivity contribution is 0.219. The highest BCUT2D eigenvalue weighted by Crippen LogP contribution is 2.15. The lowest BCUT2D eigenvalue weighted by Crippen LogP contribution is -2.12. The number of hydrogen-bond donors (Lipinski definition) is 2. The molecule has 0 radical (unpaired) electrons. The Hall–Kier alpha value is -1.27. The van der Waals surface area contributed by atoms with Gasteiger partial charge < -0.3 is 4.74 Å². The van der Waals surface area contributed by atoms with Crippen molar-refractivity contribution in [1.29, 1.82) is 0 Å². The van der Waals surface area contributed by atoms with Gasteiger partial charge in [-0.1, -0.05) is 18.2 Å². The van der Waals surface area contributed by atoms with Crippen molar-refractivity contribution in [2.24, 2.45) is 0 Å². The van der Waals surface area contributed by atoms with Crippen molar-refractivity contribution in [2.45, 2.75) is 25.2 Å². The van der Waals surface area contributed by atoms with E-state index in [1.54, 1.807) is 0 Å². The van der Waals surface area contributed by atoms with E-state index in [9.17, 15) is 0 Å². The van der Waals surface area contributed by atoms with Crippen LogP contribution in [0.15, 0.2) is 30.3 Å². The van der Waals surface area contributed by atoms with Crippen molar-refractivity contribution in [2.75, 3.05) is 5.75 Å². The smallest absolute Gasteiger partial charge is 0.213 e. The maximum atomic E-state index is 5.81. The van der Waals surface area contributed by atoms with E-state index in [1.165, 1.54) is 0 Å². The second-order valence-electron chi connectivity index (χ2n) is 4.20. The van der Waals surface area contributed by atoms with Gasteiger partial charge in [0.15, 0.2) is 0 Å². The molecule has 1 heterocycles. The number of nitrogens with zero attached hydrogens (tertiary/aromatic N) is 1. The monoisotopic (exact) mass is 295 g/mol. The minimum Gasteiger partial charge on any atom is -0.491 e. The first kappa shape index (κ1) is 14.1. The number of H-pyrrole nitrogens is 2. The van der Waals surface area contributed by atoms with Gasteiger partial charge in [0.05, 0.1) is 11.9 Å². The fraction of sp³-hybridized carbons (Fsp3) is 0.385. The quantitative estimate of drug-likeness (QED) is 0.606.